The van der Waals surface area contributed by atoms with Crippen molar-refractivity contribution in [3.63, 3.8) is 0 Å². The molecule has 0 spiro atoms. The van der Waals surface area contributed by atoms with Crippen molar-refractivity contribution in [1.82, 2.24) is 0 Å². The number of halogens is 2. The Hall–Kier alpha value is -1.45. The molecule has 0 amide bonds. The average Bonchev–Trinajstić information content (AvgIpc) is 2.36. The van der Waals surface area contributed by atoms with Gasteiger partial charge in [-0.2, -0.15) is 0 Å². The van der Waals surface area contributed by atoms with Crippen LogP contribution in [0.25, 0.3) is 0 Å². The van der Waals surface area contributed by atoms with Crippen LogP contribution in [0.15, 0.2) is 18.2 Å². The fourth-order valence-electron chi connectivity index (χ4n) is 2.40. The molecule has 2 atom stereocenters. The van der Waals surface area contributed by atoms with E-state index in [2.05, 4.69) is 6.92 Å². The second-order valence-corrected chi connectivity index (χ2v) is 5.69. The molecule has 0 N–H and O–H groups in total. The van der Waals surface area contributed by atoms with Crippen LogP contribution >= 0.6 is 0 Å². The Balaban J connectivity index is 1.89. The minimum Gasteiger partial charge on any atom is -0.465 e. The predicted octanol–water partition coefficient (Wildman–Crippen LogP) is 4.05. The first-order valence-corrected chi connectivity index (χ1v) is 7.10. The van der Waals surface area contributed by atoms with Gasteiger partial charge < -0.3 is 4.74 Å². The summed E-state index contributed by atoms with van der Waals surface area (Å²) in [5.74, 6) is -1.80. The highest BCUT2D eigenvalue weighted by Gasteiger charge is 2.26. The number of rotatable bonds is 5. The van der Waals surface area contributed by atoms with Crippen molar-refractivity contribution in [3.05, 3.63) is 35.4 Å². The Bertz CT molecular complexity index is 483. The van der Waals surface area contributed by atoms with Gasteiger partial charge in [0.1, 0.15) is 0 Å². The predicted molar refractivity (Wildman–Crippen MR) is 72.2 cm³/mol. The molecule has 1 saturated carbocycles. The normalized spacial score (nSPS) is 18.2. The molecule has 0 radical (unpaired) electrons. The van der Waals surface area contributed by atoms with Crippen molar-refractivity contribution >= 4 is 5.97 Å². The largest absolute Gasteiger partial charge is 0.465 e. The fraction of sp³-hybridized carbons (Fsp3) is 0.562. The Morgan fingerprint density at radius 3 is 2.55 bits per heavy atom. The van der Waals surface area contributed by atoms with Crippen LogP contribution in [-0.4, -0.2) is 12.6 Å². The number of carbonyl (C=O) groups is 1. The third-order valence-electron chi connectivity index (χ3n) is 4.24. The molecule has 2 unspecified atom stereocenters. The van der Waals surface area contributed by atoms with E-state index in [1.807, 2.05) is 0 Å². The van der Waals surface area contributed by atoms with E-state index in [1.165, 1.54) is 25.3 Å². The van der Waals surface area contributed by atoms with Crippen LogP contribution < -0.4 is 0 Å². The highest BCUT2D eigenvalue weighted by atomic mass is 19.2. The molecule has 1 fully saturated rings. The Kier molecular flexibility index (Phi) is 4.73. The van der Waals surface area contributed by atoms with E-state index in [9.17, 15) is 13.6 Å². The van der Waals surface area contributed by atoms with Gasteiger partial charge in [-0.3, -0.25) is 4.79 Å². The average molecular weight is 282 g/mol. The monoisotopic (exact) mass is 282 g/mol. The standard InChI is InChI=1S/C16H20F2O2/c1-10(12-4-3-5-12)9-20-16(19)11(2)13-6-7-14(17)15(18)8-13/h6-8,10-12H,3-5,9H2,1-2H3. The van der Waals surface area contributed by atoms with Gasteiger partial charge in [0, 0.05) is 0 Å². The summed E-state index contributed by atoms with van der Waals surface area (Å²) in [5.41, 5.74) is 0.435. The molecule has 20 heavy (non-hydrogen) atoms. The van der Waals surface area contributed by atoms with E-state index in [-0.39, 0.29) is 5.97 Å². The number of hydrogen-bond acceptors (Lipinski definition) is 2. The Labute approximate surface area is 118 Å². The molecule has 0 saturated heterocycles. The number of ether oxygens (including phenoxy) is 1. The third-order valence-corrected chi connectivity index (χ3v) is 4.24. The van der Waals surface area contributed by atoms with Crippen LogP contribution in [0.1, 0.15) is 44.6 Å². The second-order valence-electron chi connectivity index (χ2n) is 5.69. The van der Waals surface area contributed by atoms with Crippen LogP contribution in [0.5, 0.6) is 0 Å². The molecule has 1 aliphatic rings. The quantitative estimate of drug-likeness (QED) is 0.762. The lowest BCUT2D eigenvalue weighted by atomic mass is 9.77. The minimum atomic E-state index is -0.940. The smallest absolute Gasteiger partial charge is 0.313 e. The van der Waals surface area contributed by atoms with E-state index in [4.69, 9.17) is 4.74 Å². The fourth-order valence-corrected chi connectivity index (χ4v) is 2.40. The van der Waals surface area contributed by atoms with Crippen LogP contribution in [0, 0.1) is 23.5 Å². The molecule has 1 aliphatic carbocycles. The summed E-state index contributed by atoms with van der Waals surface area (Å²) >= 11 is 0. The zero-order valence-corrected chi connectivity index (χ0v) is 11.9. The van der Waals surface area contributed by atoms with Gasteiger partial charge in [0.25, 0.3) is 0 Å². The van der Waals surface area contributed by atoms with Crippen molar-refractivity contribution in [2.45, 2.75) is 39.0 Å². The second kappa shape index (κ2) is 6.33. The summed E-state index contributed by atoms with van der Waals surface area (Å²) in [6.45, 7) is 4.12. The molecule has 110 valence electrons. The lowest BCUT2D eigenvalue weighted by Gasteiger charge is -2.31. The maximum atomic E-state index is 13.1. The zero-order valence-electron chi connectivity index (χ0n) is 11.9. The lowest BCUT2D eigenvalue weighted by Crippen LogP contribution is -2.26. The van der Waals surface area contributed by atoms with Crippen LogP contribution in [0.3, 0.4) is 0 Å². The van der Waals surface area contributed by atoms with Crippen molar-refractivity contribution in [3.8, 4) is 0 Å². The molecule has 2 rings (SSSR count). The molecule has 1 aromatic carbocycles. The molecule has 4 heteroatoms. The van der Waals surface area contributed by atoms with Gasteiger partial charge in [-0.15, -0.1) is 0 Å². The summed E-state index contributed by atoms with van der Waals surface area (Å²) in [4.78, 5) is 11.9. The molecular weight excluding hydrogens is 262 g/mol. The van der Waals surface area contributed by atoms with E-state index >= 15 is 0 Å². The summed E-state index contributed by atoms with van der Waals surface area (Å²) in [6, 6.07) is 3.50. The topological polar surface area (TPSA) is 26.3 Å². The first-order valence-electron chi connectivity index (χ1n) is 7.10. The molecule has 2 nitrogen and oxygen atoms in total. The van der Waals surface area contributed by atoms with E-state index < -0.39 is 17.6 Å². The molecule has 0 aliphatic heterocycles. The van der Waals surface area contributed by atoms with Crippen molar-refractivity contribution in [2.24, 2.45) is 11.8 Å². The summed E-state index contributed by atoms with van der Waals surface area (Å²) in [6.07, 6.45) is 3.67. The summed E-state index contributed by atoms with van der Waals surface area (Å²) in [7, 11) is 0. The van der Waals surface area contributed by atoms with Gasteiger partial charge in [-0.1, -0.05) is 32.3 Å². The zero-order chi connectivity index (χ0) is 14.7. The Morgan fingerprint density at radius 1 is 1.30 bits per heavy atom. The molecule has 0 aromatic heterocycles. The van der Waals surface area contributed by atoms with Crippen molar-refractivity contribution < 1.29 is 18.3 Å². The Morgan fingerprint density at radius 2 is 2.00 bits per heavy atom. The highest BCUT2D eigenvalue weighted by Crippen LogP contribution is 2.33. The van der Waals surface area contributed by atoms with Gasteiger partial charge in [0.15, 0.2) is 11.6 Å². The van der Waals surface area contributed by atoms with E-state index in [0.29, 0.717) is 24.0 Å². The number of carbonyl (C=O) groups excluding carboxylic acids is 1. The maximum absolute atomic E-state index is 13.1. The molecular formula is C16H20F2O2. The summed E-state index contributed by atoms with van der Waals surface area (Å²) in [5, 5.41) is 0. The number of esters is 1. The molecule has 0 heterocycles. The molecule has 0 bridgehead atoms. The maximum Gasteiger partial charge on any atom is 0.313 e. The van der Waals surface area contributed by atoms with Crippen LogP contribution in [0.4, 0.5) is 8.78 Å². The lowest BCUT2D eigenvalue weighted by molar-refractivity contribution is -0.147. The van der Waals surface area contributed by atoms with E-state index in [0.717, 1.165) is 12.1 Å². The van der Waals surface area contributed by atoms with Gasteiger partial charge in [-0.05, 0) is 36.5 Å². The highest BCUT2D eigenvalue weighted by molar-refractivity contribution is 5.77. The summed E-state index contributed by atoms with van der Waals surface area (Å²) < 4.78 is 31.3. The number of benzene rings is 1. The number of hydrogen-bond donors (Lipinski definition) is 0. The minimum absolute atomic E-state index is 0.366. The van der Waals surface area contributed by atoms with Crippen LogP contribution in [-0.2, 0) is 9.53 Å². The van der Waals surface area contributed by atoms with Crippen molar-refractivity contribution in [2.75, 3.05) is 6.61 Å². The SMILES string of the molecule is CC(C(=O)OCC(C)C1CCC1)c1ccc(F)c(F)c1. The van der Waals surface area contributed by atoms with Gasteiger partial charge >= 0.3 is 5.97 Å². The first-order chi connectivity index (χ1) is 9.49. The van der Waals surface area contributed by atoms with Gasteiger partial charge in [-0.25, -0.2) is 8.78 Å². The third kappa shape index (κ3) is 3.35. The van der Waals surface area contributed by atoms with Gasteiger partial charge in [0.05, 0.1) is 12.5 Å². The first kappa shape index (κ1) is 14.9. The molecule has 1 aromatic rings. The van der Waals surface area contributed by atoms with E-state index in [1.54, 1.807) is 6.92 Å². The van der Waals surface area contributed by atoms with Crippen LogP contribution in [0.2, 0.25) is 0 Å². The van der Waals surface area contributed by atoms with Crippen molar-refractivity contribution in [1.29, 1.82) is 0 Å². The van der Waals surface area contributed by atoms with Gasteiger partial charge in [0.2, 0.25) is 0 Å².